The van der Waals surface area contributed by atoms with Crippen LogP contribution in [-0.4, -0.2) is 11.2 Å². The summed E-state index contributed by atoms with van der Waals surface area (Å²) in [6, 6.07) is 22.2. The first kappa shape index (κ1) is 18.5. The Kier molecular flexibility index (Phi) is 5.17. The molecule has 0 aromatic heterocycles. The second-order valence-corrected chi connectivity index (χ2v) is 7.08. The zero-order valence-electron chi connectivity index (χ0n) is 15.7. The molecule has 0 radical (unpaired) electrons. The Morgan fingerprint density at radius 3 is 1.93 bits per heavy atom. The van der Waals surface area contributed by atoms with Crippen molar-refractivity contribution in [3.63, 3.8) is 0 Å². The Hall–Kier alpha value is -3.27. The van der Waals surface area contributed by atoms with Crippen LogP contribution in [0.3, 0.4) is 0 Å². The van der Waals surface area contributed by atoms with Gasteiger partial charge in [0.25, 0.3) is 0 Å². The number of ether oxygens (including phenoxy) is 1. The Labute approximate surface area is 159 Å². The van der Waals surface area contributed by atoms with Crippen molar-refractivity contribution in [1.29, 1.82) is 0 Å². The van der Waals surface area contributed by atoms with E-state index in [9.17, 15) is 9.90 Å². The van der Waals surface area contributed by atoms with Crippen molar-refractivity contribution < 1.29 is 14.6 Å². The molecule has 0 aliphatic heterocycles. The second-order valence-electron chi connectivity index (χ2n) is 7.08. The van der Waals surface area contributed by atoms with Crippen LogP contribution in [0.15, 0.2) is 72.8 Å². The third-order valence-corrected chi connectivity index (χ3v) is 4.67. The van der Waals surface area contributed by atoms with Gasteiger partial charge in [-0.1, -0.05) is 55.8 Å². The third kappa shape index (κ3) is 4.47. The molecule has 0 bridgehead atoms. The molecule has 0 aliphatic carbocycles. The quantitative estimate of drug-likeness (QED) is 0.632. The lowest BCUT2D eigenvalue weighted by Gasteiger charge is -2.26. The number of anilines is 1. The van der Waals surface area contributed by atoms with E-state index in [1.54, 1.807) is 24.3 Å². The normalized spacial score (nSPS) is 11.1. The monoisotopic (exact) mass is 361 g/mol. The van der Waals surface area contributed by atoms with Crippen LogP contribution >= 0.6 is 0 Å². The van der Waals surface area contributed by atoms with Gasteiger partial charge in [0.2, 0.25) is 0 Å². The predicted molar refractivity (Wildman–Crippen MR) is 108 cm³/mol. The minimum absolute atomic E-state index is 0.228. The SMILES string of the molecule is Cc1ccc(OC(=O)Nc2ccc(C(C)(C)c3ccc(O)cc3)cc2)cc1. The van der Waals surface area contributed by atoms with Gasteiger partial charge in [-0.3, -0.25) is 5.32 Å². The first-order valence-corrected chi connectivity index (χ1v) is 8.80. The fourth-order valence-electron chi connectivity index (χ4n) is 2.87. The lowest BCUT2D eigenvalue weighted by atomic mass is 9.78. The third-order valence-electron chi connectivity index (χ3n) is 4.67. The number of phenols is 1. The van der Waals surface area contributed by atoms with Gasteiger partial charge in [-0.15, -0.1) is 0 Å². The van der Waals surface area contributed by atoms with Crippen LogP contribution in [0.4, 0.5) is 10.5 Å². The standard InChI is InChI=1S/C23H23NO3/c1-16-4-14-21(15-5-16)27-22(26)24-19-10-6-17(7-11-19)23(2,3)18-8-12-20(25)13-9-18/h4-15,25H,1-3H3,(H,24,26). The van der Waals surface area contributed by atoms with Crippen LogP contribution < -0.4 is 10.1 Å². The molecule has 0 saturated carbocycles. The molecular weight excluding hydrogens is 338 g/mol. The Bertz CT molecular complexity index is 911. The molecule has 1 amide bonds. The highest BCUT2D eigenvalue weighted by atomic mass is 16.6. The molecule has 138 valence electrons. The van der Waals surface area contributed by atoms with Crippen molar-refractivity contribution in [1.82, 2.24) is 0 Å². The summed E-state index contributed by atoms with van der Waals surface area (Å²) in [5, 5.41) is 12.2. The molecule has 4 heteroatoms. The maximum atomic E-state index is 12.0. The summed E-state index contributed by atoms with van der Waals surface area (Å²) in [6.07, 6.45) is -0.524. The van der Waals surface area contributed by atoms with E-state index in [2.05, 4.69) is 19.2 Å². The number of hydrogen-bond acceptors (Lipinski definition) is 3. The molecule has 0 saturated heterocycles. The summed E-state index contributed by atoms with van der Waals surface area (Å²) in [7, 11) is 0. The van der Waals surface area contributed by atoms with E-state index in [1.807, 2.05) is 55.5 Å². The first-order chi connectivity index (χ1) is 12.8. The van der Waals surface area contributed by atoms with E-state index in [0.717, 1.165) is 16.7 Å². The van der Waals surface area contributed by atoms with Crippen LogP contribution in [0.25, 0.3) is 0 Å². The van der Waals surface area contributed by atoms with Crippen molar-refractivity contribution in [2.75, 3.05) is 5.32 Å². The molecule has 0 unspecified atom stereocenters. The zero-order chi connectivity index (χ0) is 19.4. The zero-order valence-corrected chi connectivity index (χ0v) is 15.7. The first-order valence-electron chi connectivity index (χ1n) is 8.80. The number of phenolic OH excluding ortho intramolecular Hbond substituents is 1. The van der Waals surface area contributed by atoms with Gasteiger partial charge in [0.15, 0.2) is 0 Å². The van der Waals surface area contributed by atoms with Gasteiger partial charge in [0, 0.05) is 11.1 Å². The lowest BCUT2D eigenvalue weighted by molar-refractivity contribution is 0.215. The van der Waals surface area contributed by atoms with Crippen LogP contribution in [0.2, 0.25) is 0 Å². The average Bonchev–Trinajstić information content (AvgIpc) is 2.64. The minimum atomic E-state index is -0.524. The number of aryl methyl sites for hydroxylation is 1. The topological polar surface area (TPSA) is 58.6 Å². The lowest BCUT2D eigenvalue weighted by Crippen LogP contribution is -2.19. The van der Waals surface area contributed by atoms with Gasteiger partial charge >= 0.3 is 6.09 Å². The van der Waals surface area contributed by atoms with Gasteiger partial charge in [-0.25, -0.2) is 4.79 Å². The van der Waals surface area contributed by atoms with E-state index >= 15 is 0 Å². The molecule has 0 atom stereocenters. The number of aromatic hydroxyl groups is 1. The number of rotatable bonds is 4. The highest BCUT2D eigenvalue weighted by Gasteiger charge is 2.23. The van der Waals surface area contributed by atoms with Gasteiger partial charge in [0.05, 0.1) is 0 Å². The fourth-order valence-corrected chi connectivity index (χ4v) is 2.87. The number of nitrogens with one attached hydrogen (secondary N) is 1. The molecule has 0 fully saturated rings. The Morgan fingerprint density at radius 2 is 1.37 bits per heavy atom. The maximum absolute atomic E-state index is 12.0. The molecule has 27 heavy (non-hydrogen) atoms. The summed E-state index contributed by atoms with van der Waals surface area (Å²) in [6.45, 7) is 6.21. The number of amides is 1. The summed E-state index contributed by atoms with van der Waals surface area (Å²) < 4.78 is 5.28. The van der Waals surface area contributed by atoms with Gasteiger partial charge in [-0.05, 0) is 54.4 Å². The van der Waals surface area contributed by atoms with Crippen LogP contribution in [0.5, 0.6) is 11.5 Å². The molecule has 3 rings (SSSR count). The van der Waals surface area contributed by atoms with Crippen molar-refractivity contribution in [3.8, 4) is 11.5 Å². The Morgan fingerprint density at radius 1 is 0.852 bits per heavy atom. The van der Waals surface area contributed by atoms with E-state index in [-0.39, 0.29) is 11.2 Å². The molecule has 0 aliphatic rings. The molecule has 0 heterocycles. The van der Waals surface area contributed by atoms with Crippen molar-refractivity contribution in [2.45, 2.75) is 26.2 Å². The number of carbonyl (C=O) groups excluding carboxylic acids is 1. The molecule has 3 aromatic rings. The van der Waals surface area contributed by atoms with E-state index in [1.165, 1.54) is 0 Å². The van der Waals surface area contributed by atoms with Crippen LogP contribution in [0, 0.1) is 6.92 Å². The Balaban J connectivity index is 1.68. The molecule has 4 nitrogen and oxygen atoms in total. The highest BCUT2D eigenvalue weighted by Crippen LogP contribution is 2.32. The second kappa shape index (κ2) is 7.54. The largest absolute Gasteiger partial charge is 0.508 e. The summed E-state index contributed by atoms with van der Waals surface area (Å²) in [4.78, 5) is 12.0. The summed E-state index contributed by atoms with van der Waals surface area (Å²) in [5.74, 6) is 0.754. The molecular formula is C23H23NO3. The minimum Gasteiger partial charge on any atom is -0.508 e. The molecule has 2 N–H and O–H groups in total. The van der Waals surface area contributed by atoms with Crippen molar-refractivity contribution >= 4 is 11.8 Å². The smallest absolute Gasteiger partial charge is 0.417 e. The van der Waals surface area contributed by atoms with Gasteiger partial charge < -0.3 is 9.84 Å². The van der Waals surface area contributed by atoms with Crippen molar-refractivity contribution in [3.05, 3.63) is 89.5 Å². The van der Waals surface area contributed by atoms with Crippen molar-refractivity contribution in [2.24, 2.45) is 0 Å². The number of benzene rings is 3. The van der Waals surface area contributed by atoms with E-state index < -0.39 is 6.09 Å². The molecule has 3 aromatic carbocycles. The fraction of sp³-hybridized carbons (Fsp3) is 0.174. The average molecular weight is 361 g/mol. The number of hydrogen-bond donors (Lipinski definition) is 2. The van der Waals surface area contributed by atoms with Crippen LogP contribution in [0.1, 0.15) is 30.5 Å². The maximum Gasteiger partial charge on any atom is 0.417 e. The van der Waals surface area contributed by atoms with E-state index in [0.29, 0.717) is 11.4 Å². The highest BCUT2D eigenvalue weighted by molar-refractivity contribution is 5.86. The van der Waals surface area contributed by atoms with Gasteiger partial charge in [-0.2, -0.15) is 0 Å². The predicted octanol–water partition coefficient (Wildman–Crippen LogP) is 5.64. The van der Waals surface area contributed by atoms with Gasteiger partial charge in [0.1, 0.15) is 11.5 Å². The van der Waals surface area contributed by atoms with E-state index in [4.69, 9.17) is 4.74 Å². The number of carbonyl (C=O) groups is 1. The molecule has 0 spiro atoms. The summed E-state index contributed by atoms with van der Waals surface area (Å²) >= 11 is 0. The van der Waals surface area contributed by atoms with Crippen LogP contribution in [-0.2, 0) is 5.41 Å². The summed E-state index contributed by atoms with van der Waals surface area (Å²) in [5.41, 5.74) is 3.74.